The Balaban J connectivity index is 1.32. The molecule has 42 heavy (non-hydrogen) atoms. The van der Waals surface area contributed by atoms with Gasteiger partial charge in [0.1, 0.15) is 18.2 Å². The molecule has 0 saturated carbocycles. The van der Waals surface area contributed by atoms with Crippen molar-refractivity contribution in [2.75, 3.05) is 46.1 Å². The van der Waals surface area contributed by atoms with Crippen LogP contribution in [0.2, 0.25) is 5.02 Å². The number of alkyl halides is 1. The first-order valence-electron chi connectivity index (χ1n) is 14.8. The topological polar surface area (TPSA) is 39.5 Å². The minimum absolute atomic E-state index is 0.177. The van der Waals surface area contributed by atoms with Crippen LogP contribution in [0.3, 0.4) is 0 Å². The van der Waals surface area contributed by atoms with Gasteiger partial charge in [-0.25, -0.2) is 4.39 Å². The van der Waals surface area contributed by atoms with Crippen molar-refractivity contribution in [1.82, 2.24) is 14.7 Å². The molecule has 2 aliphatic rings. The van der Waals surface area contributed by atoms with Gasteiger partial charge in [-0.15, -0.1) is 0 Å². The molecule has 2 saturated heterocycles. The Morgan fingerprint density at radius 1 is 1.02 bits per heavy atom. The van der Waals surface area contributed by atoms with Crippen LogP contribution < -0.4 is 4.74 Å². The van der Waals surface area contributed by atoms with Crippen LogP contribution in [0.15, 0.2) is 66.9 Å². The standard InChI is InChI=1S/C34H36ClF2N3O2/c1-2-30(24-3-7-29(8-4-24)42-16-13-39-21-23(19-36)22-39)34(31-9-6-27(37)18-32(31)35)25-5-10-33-26(17-25)20-38-40(33)28-11-14-41-15-12-28/h3-10,17-18,20,23,28H,2,11-16,19,21-22H2,1H3/b34-30-. The molecule has 3 aromatic carbocycles. The lowest BCUT2D eigenvalue weighted by atomic mass is 9.87. The van der Waals surface area contributed by atoms with E-state index in [1.54, 1.807) is 6.07 Å². The fraction of sp³-hybridized carbons (Fsp3) is 0.382. The highest BCUT2D eigenvalue weighted by atomic mass is 35.5. The van der Waals surface area contributed by atoms with Crippen LogP contribution in [-0.4, -0.2) is 60.8 Å². The van der Waals surface area contributed by atoms with Gasteiger partial charge < -0.3 is 9.47 Å². The molecular formula is C34H36ClF2N3O2. The predicted octanol–water partition coefficient (Wildman–Crippen LogP) is 7.83. The molecule has 0 N–H and O–H groups in total. The molecule has 220 valence electrons. The minimum atomic E-state index is -0.366. The Kier molecular flexibility index (Phi) is 8.89. The second kappa shape index (κ2) is 12.9. The van der Waals surface area contributed by atoms with Crippen molar-refractivity contribution in [1.29, 1.82) is 0 Å². The van der Waals surface area contributed by atoms with Crippen LogP contribution in [0.5, 0.6) is 5.75 Å². The minimum Gasteiger partial charge on any atom is -0.492 e. The van der Waals surface area contributed by atoms with Crippen molar-refractivity contribution < 1.29 is 18.3 Å². The lowest BCUT2D eigenvalue weighted by Gasteiger charge is -2.37. The summed E-state index contributed by atoms with van der Waals surface area (Å²) in [5, 5.41) is 6.16. The third-order valence-corrected chi connectivity index (χ3v) is 8.72. The second-order valence-corrected chi connectivity index (χ2v) is 11.6. The summed E-state index contributed by atoms with van der Waals surface area (Å²) in [7, 11) is 0. The van der Waals surface area contributed by atoms with Gasteiger partial charge >= 0.3 is 0 Å². The molecule has 0 atom stereocenters. The van der Waals surface area contributed by atoms with Crippen LogP contribution in [0, 0.1) is 11.7 Å². The number of rotatable bonds is 10. The Bertz CT molecular complexity index is 1560. The zero-order valence-electron chi connectivity index (χ0n) is 23.9. The van der Waals surface area contributed by atoms with E-state index in [1.165, 1.54) is 12.1 Å². The van der Waals surface area contributed by atoms with Crippen molar-refractivity contribution >= 4 is 33.7 Å². The molecule has 2 fully saturated rings. The summed E-state index contributed by atoms with van der Waals surface area (Å²) in [6.07, 6.45) is 4.57. The number of halogens is 3. The first kappa shape index (κ1) is 28.8. The van der Waals surface area contributed by atoms with Gasteiger partial charge in [0.15, 0.2) is 0 Å². The van der Waals surface area contributed by atoms with Crippen LogP contribution in [-0.2, 0) is 4.74 Å². The quantitative estimate of drug-likeness (QED) is 0.176. The first-order chi connectivity index (χ1) is 20.5. The highest BCUT2D eigenvalue weighted by molar-refractivity contribution is 6.33. The van der Waals surface area contributed by atoms with E-state index < -0.39 is 0 Å². The lowest BCUT2D eigenvalue weighted by molar-refractivity contribution is 0.0668. The molecule has 8 heteroatoms. The number of hydrogen-bond acceptors (Lipinski definition) is 4. The summed E-state index contributed by atoms with van der Waals surface area (Å²) in [6, 6.07) is 19.4. The van der Waals surface area contributed by atoms with E-state index in [9.17, 15) is 8.78 Å². The predicted molar refractivity (Wildman–Crippen MR) is 164 cm³/mol. The SMILES string of the molecule is CC/C(=C(\c1ccc2c(cnn2C2CCOCC2)c1)c1ccc(F)cc1Cl)c1ccc(OCCN2CC(CF)C2)cc1. The Morgan fingerprint density at radius 3 is 2.50 bits per heavy atom. The van der Waals surface area contributed by atoms with Gasteiger partial charge in [-0.2, -0.15) is 5.10 Å². The van der Waals surface area contributed by atoms with E-state index in [4.69, 9.17) is 26.2 Å². The molecular weight excluding hydrogens is 556 g/mol. The number of fused-ring (bicyclic) bond motifs is 1. The van der Waals surface area contributed by atoms with E-state index in [-0.39, 0.29) is 18.4 Å². The third kappa shape index (κ3) is 6.10. The van der Waals surface area contributed by atoms with Crippen LogP contribution in [0.25, 0.3) is 22.0 Å². The summed E-state index contributed by atoms with van der Waals surface area (Å²) >= 11 is 6.68. The first-order valence-corrected chi connectivity index (χ1v) is 15.2. The number of benzene rings is 3. The molecule has 3 heterocycles. The van der Waals surface area contributed by atoms with Gasteiger partial charge in [0.05, 0.1) is 29.5 Å². The van der Waals surface area contributed by atoms with Crippen molar-refractivity contribution in [3.63, 3.8) is 0 Å². The summed E-state index contributed by atoms with van der Waals surface area (Å²) < 4.78 is 40.5. The van der Waals surface area contributed by atoms with Crippen molar-refractivity contribution in [2.45, 2.75) is 32.2 Å². The molecule has 5 nitrogen and oxygen atoms in total. The fourth-order valence-electron chi connectivity index (χ4n) is 6.14. The maximum Gasteiger partial charge on any atom is 0.124 e. The van der Waals surface area contributed by atoms with E-state index in [0.717, 1.165) is 96.6 Å². The maximum atomic E-state index is 14.1. The van der Waals surface area contributed by atoms with Gasteiger partial charge in [-0.3, -0.25) is 14.0 Å². The van der Waals surface area contributed by atoms with E-state index in [1.807, 2.05) is 18.3 Å². The maximum absolute atomic E-state index is 14.1. The molecule has 0 spiro atoms. The number of allylic oxidation sites excluding steroid dienone is 1. The normalized spacial score (nSPS) is 17.3. The Morgan fingerprint density at radius 2 is 1.79 bits per heavy atom. The molecule has 0 aliphatic carbocycles. The number of likely N-dealkylation sites (tertiary alicyclic amines) is 1. The van der Waals surface area contributed by atoms with Crippen LogP contribution in [0.1, 0.15) is 48.9 Å². The second-order valence-electron chi connectivity index (χ2n) is 11.2. The van der Waals surface area contributed by atoms with Gasteiger partial charge in [-0.05, 0) is 84.0 Å². The highest BCUT2D eigenvalue weighted by Gasteiger charge is 2.26. The fourth-order valence-corrected chi connectivity index (χ4v) is 6.40. The zero-order chi connectivity index (χ0) is 29.1. The third-order valence-electron chi connectivity index (χ3n) is 8.41. The summed E-state index contributed by atoms with van der Waals surface area (Å²) in [5.41, 5.74) is 5.99. The number of aromatic nitrogens is 2. The summed E-state index contributed by atoms with van der Waals surface area (Å²) in [6.45, 7) is 6.35. The average Bonchev–Trinajstić information content (AvgIpc) is 3.42. The molecule has 0 bridgehead atoms. The molecule has 4 aromatic rings. The van der Waals surface area contributed by atoms with E-state index >= 15 is 0 Å². The average molecular weight is 592 g/mol. The largest absolute Gasteiger partial charge is 0.492 e. The van der Waals surface area contributed by atoms with Crippen LogP contribution in [0.4, 0.5) is 8.78 Å². The Hall–Kier alpha value is -3.26. The molecule has 2 aliphatic heterocycles. The van der Waals surface area contributed by atoms with Crippen molar-refractivity contribution in [3.05, 3.63) is 94.4 Å². The number of nitrogens with zero attached hydrogens (tertiary/aromatic N) is 3. The van der Waals surface area contributed by atoms with Gasteiger partial charge in [0.2, 0.25) is 0 Å². The summed E-state index contributed by atoms with van der Waals surface area (Å²) in [4.78, 5) is 2.21. The Labute approximate surface area is 250 Å². The van der Waals surface area contributed by atoms with Crippen molar-refractivity contribution in [2.24, 2.45) is 5.92 Å². The molecule has 0 radical (unpaired) electrons. The van der Waals surface area contributed by atoms with E-state index in [0.29, 0.717) is 17.7 Å². The molecule has 1 aromatic heterocycles. The van der Waals surface area contributed by atoms with Gasteiger partial charge in [0.25, 0.3) is 0 Å². The molecule has 0 unspecified atom stereocenters. The zero-order valence-corrected chi connectivity index (χ0v) is 24.6. The highest BCUT2D eigenvalue weighted by Crippen LogP contribution is 2.39. The summed E-state index contributed by atoms with van der Waals surface area (Å²) in [5.74, 6) is 0.602. The molecule has 0 amide bonds. The number of hydrogen-bond donors (Lipinski definition) is 0. The van der Waals surface area contributed by atoms with Gasteiger partial charge in [0, 0.05) is 49.7 Å². The van der Waals surface area contributed by atoms with Crippen LogP contribution >= 0.6 is 11.6 Å². The monoisotopic (exact) mass is 591 g/mol. The van der Waals surface area contributed by atoms with Crippen molar-refractivity contribution in [3.8, 4) is 5.75 Å². The van der Waals surface area contributed by atoms with Gasteiger partial charge in [-0.1, -0.05) is 36.7 Å². The number of ether oxygens (including phenoxy) is 2. The smallest absolute Gasteiger partial charge is 0.124 e. The lowest BCUT2D eigenvalue weighted by Crippen LogP contribution is -2.49. The molecule has 6 rings (SSSR count). The van der Waals surface area contributed by atoms with E-state index in [2.05, 4.69) is 46.8 Å².